The van der Waals surface area contributed by atoms with Gasteiger partial charge in [-0.3, -0.25) is 14.5 Å². The Kier molecular flexibility index (Phi) is 12.4. The number of nitrogens with one attached hydrogen (secondary N) is 2. The maximum Gasteiger partial charge on any atom is 0.239 e. The molecule has 24 heavy (non-hydrogen) atoms. The standard InChI is InChI=1S/C15H28N4O3.2ClH/c1-22-11-6-17-14(20)12-18-7-9-19(10-8-18)15(21)13-4-2-3-5-16-13;;/h13,16H,2-12H2,1H3,(H,17,20);2*1H/t13-;;/m1../s1. The van der Waals surface area contributed by atoms with Gasteiger partial charge in [-0.05, 0) is 19.4 Å². The second kappa shape index (κ2) is 12.7. The van der Waals surface area contributed by atoms with Crippen LogP contribution in [0.5, 0.6) is 0 Å². The van der Waals surface area contributed by atoms with Gasteiger partial charge in [0.25, 0.3) is 0 Å². The molecular weight excluding hydrogens is 355 g/mol. The number of piperidine rings is 1. The number of rotatable bonds is 6. The van der Waals surface area contributed by atoms with E-state index in [1.54, 1.807) is 7.11 Å². The maximum atomic E-state index is 12.4. The van der Waals surface area contributed by atoms with Gasteiger partial charge in [0.15, 0.2) is 0 Å². The third-order valence-corrected chi connectivity index (χ3v) is 4.29. The SMILES string of the molecule is COCCNC(=O)CN1CCN(C(=O)[C@H]2CCCCN2)CC1.Cl.Cl. The maximum absolute atomic E-state index is 12.4. The zero-order valence-electron chi connectivity index (χ0n) is 14.3. The summed E-state index contributed by atoms with van der Waals surface area (Å²) in [6.45, 7) is 5.35. The lowest BCUT2D eigenvalue weighted by atomic mass is 10.0. The van der Waals surface area contributed by atoms with Crippen molar-refractivity contribution in [3.8, 4) is 0 Å². The number of halogens is 2. The minimum atomic E-state index is -0.00218. The number of carbonyl (C=O) groups is 2. The van der Waals surface area contributed by atoms with Crippen molar-refractivity contribution < 1.29 is 14.3 Å². The molecule has 2 saturated heterocycles. The average Bonchev–Trinajstić information content (AvgIpc) is 2.56. The number of hydrogen-bond acceptors (Lipinski definition) is 5. The molecule has 2 heterocycles. The van der Waals surface area contributed by atoms with Crippen LogP contribution in [-0.4, -0.2) is 87.2 Å². The van der Waals surface area contributed by atoms with Crippen molar-refractivity contribution in [2.75, 3.05) is 59.5 Å². The van der Waals surface area contributed by atoms with Crippen LogP contribution in [-0.2, 0) is 14.3 Å². The van der Waals surface area contributed by atoms with Crippen molar-refractivity contribution in [1.29, 1.82) is 0 Å². The molecule has 0 radical (unpaired) electrons. The first-order valence-corrected chi connectivity index (χ1v) is 8.21. The van der Waals surface area contributed by atoms with E-state index < -0.39 is 0 Å². The first-order chi connectivity index (χ1) is 10.7. The zero-order valence-corrected chi connectivity index (χ0v) is 15.9. The van der Waals surface area contributed by atoms with E-state index in [4.69, 9.17) is 4.74 Å². The molecule has 2 amide bonds. The van der Waals surface area contributed by atoms with Crippen molar-refractivity contribution in [3.63, 3.8) is 0 Å². The minimum Gasteiger partial charge on any atom is -0.383 e. The van der Waals surface area contributed by atoms with Gasteiger partial charge in [-0.1, -0.05) is 6.42 Å². The van der Waals surface area contributed by atoms with Gasteiger partial charge in [0.2, 0.25) is 11.8 Å². The topological polar surface area (TPSA) is 73.9 Å². The van der Waals surface area contributed by atoms with Gasteiger partial charge in [-0.15, -0.1) is 24.8 Å². The summed E-state index contributed by atoms with van der Waals surface area (Å²) in [5.41, 5.74) is 0. The molecular formula is C15H30Cl2N4O3. The number of methoxy groups -OCH3 is 1. The Morgan fingerprint density at radius 3 is 2.46 bits per heavy atom. The molecule has 2 fully saturated rings. The molecule has 1 atom stereocenters. The highest BCUT2D eigenvalue weighted by molar-refractivity contribution is 5.85. The molecule has 142 valence electrons. The van der Waals surface area contributed by atoms with Gasteiger partial charge in [0, 0.05) is 39.8 Å². The highest BCUT2D eigenvalue weighted by atomic mass is 35.5. The molecule has 2 aliphatic heterocycles. The Labute approximate surface area is 156 Å². The molecule has 2 rings (SSSR count). The molecule has 0 aliphatic carbocycles. The van der Waals surface area contributed by atoms with Crippen molar-refractivity contribution in [1.82, 2.24) is 20.4 Å². The van der Waals surface area contributed by atoms with E-state index in [9.17, 15) is 9.59 Å². The summed E-state index contributed by atoms with van der Waals surface area (Å²) in [6.07, 6.45) is 3.24. The first kappa shape index (κ1) is 23.4. The molecule has 7 nitrogen and oxygen atoms in total. The lowest BCUT2D eigenvalue weighted by molar-refractivity contribution is -0.136. The fourth-order valence-electron chi connectivity index (χ4n) is 2.96. The van der Waals surface area contributed by atoms with E-state index in [-0.39, 0.29) is 42.7 Å². The van der Waals surface area contributed by atoms with Gasteiger partial charge in [-0.2, -0.15) is 0 Å². The average molecular weight is 385 g/mol. The Morgan fingerprint density at radius 1 is 1.17 bits per heavy atom. The van der Waals surface area contributed by atoms with Crippen LogP contribution >= 0.6 is 24.8 Å². The number of amides is 2. The summed E-state index contributed by atoms with van der Waals surface area (Å²) < 4.78 is 4.90. The monoisotopic (exact) mass is 384 g/mol. The quantitative estimate of drug-likeness (QED) is 0.624. The second-order valence-corrected chi connectivity index (χ2v) is 5.95. The van der Waals surface area contributed by atoms with Crippen LogP contribution in [0.2, 0.25) is 0 Å². The molecule has 0 aromatic carbocycles. The largest absolute Gasteiger partial charge is 0.383 e. The first-order valence-electron chi connectivity index (χ1n) is 8.21. The van der Waals surface area contributed by atoms with E-state index in [0.717, 1.165) is 38.9 Å². The van der Waals surface area contributed by atoms with E-state index in [0.29, 0.717) is 32.8 Å². The van der Waals surface area contributed by atoms with Gasteiger partial charge in [0.05, 0.1) is 19.2 Å². The highest BCUT2D eigenvalue weighted by Crippen LogP contribution is 2.11. The summed E-state index contributed by atoms with van der Waals surface area (Å²) in [5.74, 6) is 0.245. The lowest BCUT2D eigenvalue weighted by Crippen LogP contribution is -2.56. The normalized spacial score (nSPS) is 21.4. The fraction of sp³-hybridized carbons (Fsp3) is 0.867. The molecule has 2 aliphatic rings. The number of piperazine rings is 1. The zero-order chi connectivity index (χ0) is 15.8. The molecule has 2 N–H and O–H groups in total. The third-order valence-electron chi connectivity index (χ3n) is 4.29. The summed E-state index contributed by atoms with van der Waals surface area (Å²) >= 11 is 0. The van der Waals surface area contributed by atoms with E-state index in [1.807, 2.05) is 4.90 Å². The van der Waals surface area contributed by atoms with Gasteiger partial charge in [-0.25, -0.2) is 0 Å². The van der Waals surface area contributed by atoms with E-state index in [2.05, 4.69) is 15.5 Å². The Hall–Kier alpha value is -0.600. The summed E-state index contributed by atoms with van der Waals surface area (Å²) in [4.78, 5) is 28.2. The summed E-state index contributed by atoms with van der Waals surface area (Å²) in [5, 5.41) is 6.13. The molecule has 0 aromatic heterocycles. The van der Waals surface area contributed by atoms with Crippen LogP contribution < -0.4 is 10.6 Å². The molecule has 0 spiro atoms. The number of carbonyl (C=O) groups excluding carboxylic acids is 2. The van der Waals surface area contributed by atoms with Crippen LogP contribution in [0.15, 0.2) is 0 Å². The third kappa shape index (κ3) is 7.53. The number of nitrogens with zero attached hydrogens (tertiary/aromatic N) is 2. The van der Waals surface area contributed by atoms with Gasteiger partial charge < -0.3 is 20.3 Å². The van der Waals surface area contributed by atoms with Gasteiger partial charge in [0.1, 0.15) is 0 Å². The van der Waals surface area contributed by atoms with Crippen LogP contribution in [0.25, 0.3) is 0 Å². The van der Waals surface area contributed by atoms with Crippen LogP contribution in [0, 0.1) is 0 Å². The molecule has 0 saturated carbocycles. The molecule has 0 unspecified atom stereocenters. The number of hydrogen-bond donors (Lipinski definition) is 2. The Balaban J connectivity index is 0.00000264. The van der Waals surface area contributed by atoms with Crippen molar-refractivity contribution in [2.24, 2.45) is 0 Å². The predicted octanol–water partition coefficient (Wildman–Crippen LogP) is -0.121. The van der Waals surface area contributed by atoms with Crippen LogP contribution in [0.4, 0.5) is 0 Å². The summed E-state index contributed by atoms with van der Waals surface area (Å²) in [7, 11) is 1.61. The van der Waals surface area contributed by atoms with Crippen molar-refractivity contribution in [2.45, 2.75) is 25.3 Å². The van der Waals surface area contributed by atoms with E-state index >= 15 is 0 Å². The summed E-state index contributed by atoms with van der Waals surface area (Å²) in [6, 6.07) is -0.00218. The fourth-order valence-corrected chi connectivity index (χ4v) is 2.96. The number of ether oxygens (including phenoxy) is 1. The molecule has 0 aromatic rings. The van der Waals surface area contributed by atoms with Gasteiger partial charge >= 0.3 is 0 Å². The van der Waals surface area contributed by atoms with Crippen LogP contribution in [0.3, 0.4) is 0 Å². The predicted molar refractivity (Wildman–Crippen MR) is 98.0 cm³/mol. The lowest BCUT2D eigenvalue weighted by Gasteiger charge is -2.37. The Morgan fingerprint density at radius 2 is 1.88 bits per heavy atom. The van der Waals surface area contributed by atoms with Crippen LogP contribution in [0.1, 0.15) is 19.3 Å². The second-order valence-electron chi connectivity index (χ2n) is 5.95. The van der Waals surface area contributed by atoms with Crippen molar-refractivity contribution in [3.05, 3.63) is 0 Å². The smallest absolute Gasteiger partial charge is 0.239 e. The Bertz CT molecular complexity index is 374. The van der Waals surface area contributed by atoms with E-state index in [1.165, 1.54) is 0 Å². The molecule has 0 bridgehead atoms. The highest BCUT2D eigenvalue weighted by Gasteiger charge is 2.28. The minimum absolute atomic E-state index is 0. The molecule has 9 heteroatoms. The van der Waals surface area contributed by atoms with Crippen molar-refractivity contribution >= 4 is 36.6 Å².